The first-order valence-electron chi connectivity index (χ1n) is 6.55. The van der Waals surface area contributed by atoms with Crippen LogP contribution in [0, 0.1) is 0 Å². The number of aliphatic hydroxyl groups is 1. The summed E-state index contributed by atoms with van der Waals surface area (Å²) in [4.78, 5) is 8.36. The lowest BCUT2D eigenvalue weighted by molar-refractivity contribution is -0.355. The second-order valence-corrected chi connectivity index (χ2v) is 5.46. The van der Waals surface area contributed by atoms with Gasteiger partial charge in [0, 0.05) is 16.8 Å². The molecule has 23 heavy (non-hydrogen) atoms. The molecule has 0 aliphatic carbocycles. The molecule has 8 heteroatoms. The Hall–Kier alpha value is -2.12. The van der Waals surface area contributed by atoms with Crippen molar-refractivity contribution in [1.29, 1.82) is 0 Å². The summed E-state index contributed by atoms with van der Waals surface area (Å²) in [7, 11) is 0. The standard InChI is InChI=1S/C15H10ClF3N2O2/c16-11-5-6-20-12(7-11)9-1-3-10(4-2-9)13-8-14(22,23-21-13)15(17,18)19/h1-7,22H,8H2. The van der Waals surface area contributed by atoms with Crippen molar-refractivity contribution in [2.24, 2.45) is 5.16 Å². The third kappa shape index (κ3) is 3.02. The molecule has 2 heterocycles. The van der Waals surface area contributed by atoms with Gasteiger partial charge in [-0.2, -0.15) is 13.2 Å². The number of rotatable bonds is 2. The molecular weight excluding hydrogens is 333 g/mol. The summed E-state index contributed by atoms with van der Waals surface area (Å²) in [5, 5.41) is 13.3. The zero-order chi connectivity index (χ0) is 16.7. The number of benzene rings is 1. The van der Waals surface area contributed by atoms with Crippen molar-refractivity contribution in [2.45, 2.75) is 18.4 Å². The van der Waals surface area contributed by atoms with Crippen LogP contribution in [0.5, 0.6) is 0 Å². The lowest BCUT2D eigenvalue weighted by Gasteiger charge is -2.22. The molecule has 1 aliphatic rings. The molecule has 1 aromatic carbocycles. The molecule has 3 rings (SSSR count). The quantitative estimate of drug-likeness (QED) is 0.903. The van der Waals surface area contributed by atoms with E-state index in [0.29, 0.717) is 16.3 Å². The van der Waals surface area contributed by atoms with Crippen LogP contribution in [0.3, 0.4) is 0 Å². The zero-order valence-corrected chi connectivity index (χ0v) is 12.3. The Kier molecular flexibility index (Phi) is 3.77. The van der Waals surface area contributed by atoms with Crippen LogP contribution < -0.4 is 0 Å². The lowest BCUT2D eigenvalue weighted by Crippen LogP contribution is -2.45. The molecule has 0 spiro atoms. The Morgan fingerprint density at radius 2 is 1.78 bits per heavy atom. The second kappa shape index (κ2) is 5.50. The molecule has 1 N–H and O–H groups in total. The van der Waals surface area contributed by atoms with E-state index >= 15 is 0 Å². The number of alkyl halides is 3. The number of aromatic nitrogens is 1. The predicted octanol–water partition coefficient (Wildman–Crippen LogP) is 3.78. The molecule has 120 valence electrons. The number of halogens is 4. The molecule has 4 nitrogen and oxygen atoms in total. The van der Waals surface area contributed by atoms with E-state index in [0.717, 1.165) is 5.56 Å². The van der Waals surface area contributed by atoms with E-state index in [-0.39, 0.29) is 5.71 Å². The molecule has 0 bridgehead atoms. The first kappa shape index (κ1) is 15.8. The predicted molar refractivity (Wildman–Crippen MR) is 77.9 cm³/mol. The van der Waals surface area contributed by atoms with Gasteiger partial charge in [0.15, 0.2) is 0 Å². The molecule has 0 fully saturated rings. The van der Waals surface area contributed by atoms with Crippen LogP contribution in [0.15, 0.2) is 47.8 Å². The lowest BCUT2D eigenvalue weighted by atomic mass is 10.0. The van der Waals surface area contributed by atoms with E-state index in [4.69, 9.17) is 11.6 Å². The van der Waals surface area contributed by atoms with Crippen molar-refractivity contribution in [3.63, 3.8) is 0 Å². The summed E-state index contributed by atoms with van der Waals surface area (Å²) in [5.74, 6) is -3.27. The fraction of sp³-hybridized carbons (Fsp3) is 0.200. The van der Waals surface area contributed by atoms with Gasteiger partial charge >= 0.3 is 12.0 Å². The fourth-order valence-electron chi connectivity index (χ4n) is 2.12. The molecule has 2 aromatic rings. The molecule has 0 amide bonds. The first-order valence-corrected chi connectivity index (χ1v) is 6.93. The highest BCUT2D eigenvalue weighted by Crippen LogP contribution is 2.39. The van der Waals surface area contributed by atoms with Gasteiger partial charge in [-0.1, -0.05) is 41.0 Å². The van der Waals surface area contributed by atoms with Crippen molar-refractivity contribution in [1.82, 2.24) is 4.98 Å². The van der Waals surface area contributed by atoms with E-state index in [2.05, 4.69) is 15.0 Å². The number of hydrogen-bond acceptors (Lipinski definition) is 4. The Bertz CT molecular complexity index is 762. The second-order valence-electron chi connectivity index (χ2n) is 5.02. The van der Waals surface area contributed by atoms with Gasteiger partial charge in [0.25, 0.3) is 0 Å². The van der Waals surface area contributed by atoms with Crippen molar-refractivity contribution in [2.75, 3.05) is 0 Å². The van der Waals surface area contributed by atoms with Crippen molar-refractivity contribution in [3.05, 3.63) is 53.2 Å². The van der Waals surface area contributed by atoms with Gasteiger partial charge in [-0.3, -0.25) is 4.98 Å². The van der Waals surface area contributed by atoms with E-state index in [1.165, 1.54) is 0 Å². The fourth-order valence-corrected chi connectivity index (χ4v) is 2.28. The van der Waals surface area contributed by atoms with Gasteiger partial charge in [0.1, 0.15) is 0 Å². The maximum absolute atomic E-state index is 12.7. The molecular formula is C15H10ClF3N2O2. The van der Waals surface area contributed by atoms with Crippen molar-refractivity contribution >= 4 is 17.3 Å². The van der Waals surface area contributed by atoms with Crippen LogP contribution in [0.2, 0.25) is 5.02 Å². The molecule has 1 unspecified atom stereocenters. The summed E-state index contributed by atoms with van der Waals surface area (Å²) in [6.07, 6.45) is -4.11. The topological polar surface area (TPSA) is 54.7 Å². The summed E-state index contributed by atoms with van der Waals surface area (Å²) in [5.41, 5.74) is 1.84. The van der Waals surface area contributed by atoms with Crippen LogP contribution in [-0.4, -0.2) is 27.8 Å². The Morgan fingerprint density at radius 1 is 1.13 bits per heavy atom. The zero-order valence-electron chi connectivity index (χ0n) is 11.5. The van der Waals surface area contributed by atoms with E-state index < -0.39 is 18.4 Å². The molecule has 1 aromatic heterocycles. The molecule has 0 saturated heterocycles. The summed E-state index contributed by atoms with van der Waals surface area (Å²) < 4.78 is 38.1. The highest BCUT2D eigenvalue weighted by atomic mass is 35.5. The largest absolute Gasteiger partial charge is 0.458 e. The SMILES string of the molecule is OC1(C(F)(F)F)CC(c2ccc(-c3cc(Cl)ccn3)cc2)=NO1. The van der Waals surface area contributed by atoms with E-state index in [1.54, 1.807) is 42.6 Å². The maximum atomic E-state index is 12.7. The van der Waals surface area contributed by atoms with Gasteiger partial charge in [-0.15, -0.1) is 0 Å². The monoisotopic (exact) mass is 342 g/mol. The number of pyridine rings is 1. The third-order valence-electron chi connectivity index (χ3n) is 3.39. The van der Waals surface area contributed by atoms with Crippen molar-refractivity contribution in [3.8, 4) is 11.3 Å². The van der Waals surface area contributed by atoms with Gasteiger partial charge in [-0.25, -0.2) is 0 Å². The first-order chi connectivity index (χ1) is 10.8. The summed E-state index contributed by atoms with van der Waals surface area (Å²) >= 11 is 5.89. The Morgan fingerprint density at radius 3 is 2.35 bits per heavy atom. The van der Waals surface area contributed by atoms with Crippen LogP contribution in [0.4, 0.5) is 13.2 Å². The minimum atomic E-state index is -4.91. The number of nitrogens with zero attached hydrogens (tertiary/aromatic N) is 2. The van der Waals surface area contributed by atoms with Crippen LogP contribution in [0.25, 0.3) is 11.3 Å². The summed E-state index contributed by atoms with van der Waals surface area (Å²) in [6, 6.07) is 9.85. The normalized spacial score (nSPS) is 21.0. The molecule has 0 radical (unpaired) electrons. The van der Waals surface area contributed by atoms with Crippen LogP contribution >= 0.6 is 11.6 Å². The Labute approximate surface area is 134 Å². The van der Waals surface area contributed by atoms with Gasteiger partial charge in [0.05, 0.1) is 17.8 Å². The third-order valence-corrected chi connectivity index (χ3v) is 3.63. The average Bonchev–Trinajstić information content (AvgIpc) is 2.91. The summed E-state index contributed by atoms with van der Waals surface area (Å²) in [6.45, 7) is 0. The highest BCUT2D eigenvalue weighted by Gasteiger charge is 2.60. The average molecular weight is 343 g/mol. The minimum absolute atomic E-state index is 0.0235. The maximum Gasteiger partial charge on any atom is 0.458 e. The smallest absolute Gasteiger partial charge is 0.350 e. The minimum Gasteiger partial charge on any atom is -0.350 e. The highest BCUT2D eigenvalue weighted by molar-refractivity contribution is 6.30. The molecule has 0 saturated carbocycles. The number of hydrogen-bond donors (Lipinski definition) is 1. The van der Waals surface area contributed by atoms with Gasteiger partial charge in [-0.05, 0) is 17.7 Å². The van der Waals surface area contributed by atoms with Crippen molar-refractivity contribution < 1.29 is 23.1 Å². The van der Waals surface area contributed by atoms with Crippen LogP contribution in [0.1, 0.15) is 12.0 Å². The molecule has 1 aliphatic heterocycles. The number of oxime groups is 1. The Balaban J connectivity index is 1.82. The van der Waals surface area contributed by atoms with E-state index in [1.807, 2.05) is 0 Å². The van der Waals surface area contributed by atoms with E-state index in [9.17, 15) is 18.3 Å². The van der Waals surface area contributed by atoms with Gasteiger partial charge < -0.3 is 9.94 Å². The molecule has 1 atom stereocenters. The van der Waals surface area contributed by atoms with Crippen LogP contribution in [-0.2, 0) is 4.84 Å². The van der Waals surface area contributed by atoms with Gasteiger partial charge in [0.2, 0.25) is 0 Å².